The van der Waals surface area contributed by atoms with E-state index in [2.05, 4.69) is 19.5 Å². The van der Waals surface area contributed by atoms with Crippen LogP contribution in [-0.4, -0.2) is 46.5 Å². The predicted molar refractivity (Wildman–Crippen MR) is 154 cm³/mol. The Kier molecular flexibility index (Phi) is 7.89. The minimum Gasteiger partial charge on any atom is -0.326 e. The largest absolute Gasteiger partial charge is 0.333 e. The van der Waals surface area contributed by atoms with Crippen LogP contribution >= 0.6 is 22.9 Å². The molecule has 0 spiro atoms. The number of alkyl halides is 2. The molecule has 2 aliphatic rings. The number of rotatable bonds is 9. The van der Waals surface area contributed by atoms with E-state index in [0.717, 1.165) is 17.8 Å². The van der Waals surface area contributed by atoms with Crippen molar-refractivity contribution >= 4 is 44.6 Å². The molecule has 0 aliphatic carbocycles. The zero-order valence-corrected chi connectivity index (χ0v) is 24.1. The number of amidine groups is 1. The Labute approximate surface area is 248 Å². The molecule has 4 aromatic rings. The summed E-state index contributed by atoms with van der Waals surface area (Å²) < 4.78 is 72.9. The maximum absolute atomic E-state index is 14.0. The van der Waals surface area contributed by atoms with Crippen molar-refractivity contribution < 1.29 is 21.6 Å². The van der Waals surface area contributed by atoms with E-state index < -0.39 is 34.7 Å². The lowest BCUT2D eigenvalue weighted by Gasteiger charge is -2.32. The summed E-state index contributed by atoms with van der Waals surface area (Å²) >= 11 is 7.82. The topological polar surface area (TPSA) is 105 Å². The highest BCUT2D eigenvalue weighted by Crippen LogP contribution is 2.46. The van der Waals surface area contributed by atoms with Crippen molar-refractivity contribution in [2.45, 2.75) is 31.6 Å². The summed E-state index contributed by atoms with van der Waals surface area (Å²) in [6.07, 6.45) is 2.97. The number of aliphatic imine (C=N–C) groups is 1. The van der Waals surface area contributed by atoms with Crippen LogP contribution in [0, 0.1) is 5.82 Å². The van der Waals surface area contributed by atoms with Gasteiger partial charge in [0, 0.05) is 65.2 Å². The Hall–Kier alpha value is -3.56. The van der Waals surface area contributed by atoms with Gasteiger partial charge in [-0.1, -0.05) is 48.0 Å². The zero-order chi connectivity index (χ0) is 29.4. The normalized spacial score (nSPS) is 19.0. The maximum Gasteiger partial charge on any atom is 0.333 e. The van der Waals surface area contributed by atoms with Crippen LogP contribution in [0.25, 0.3) is 5.57 Å². The van der Waals surface area contributed by atoms with Gasteiger partial charge in [-0.15, -0.1) is 11.3 Å². The van der Waals surface area contributed by atoms with Gasteiger partial charge in [0.2, 0.25) is 0 Å². The van der Waals surface area contributed by atoms with E-state index >= 15 is 0 Å². The molecule has 1 fully saturated rings. The van der Waals surface area contributed by atoms with Crippen LogP contribution in [0.4, 0.5) is 13.2 Å². The molecule has 4 heterocycles. The van der Waals surface area contributed by atoms with Gasteiger partial charge in [0.25, 0.3) is 10.2 Å². The van der Waals surface area contributed by atoms with Crippen LogP contribution in [0.2, 0.25) is 5.02 Å². The van der Waals surface area contributed by atoms with E-state index in [-0.39, 0.29) is 30.2 Å². The van der Waals surface area contributed by atoms with Crippen molar-refractivity contribution in [1.29, 1.82) is 0 Å². The molecule has 9 nitrogen and oxygen atoms in total. The second kappa shape index (κ2) is 11.6. The lowest BCUT2D eigenvalue weighted by atomic mass is 9.92. The summed E-state index contributed by atoms with van der Waals surface area (Å²) in [4.78, 5) is 11.2. The molecule has 0 radical (unpaired) electrons. The van der Waals surface area contributed by atoms with Gasteiger partial charge < -0.3 is 4.90 Å². The van der Waals surface area contributed by atoms with E-state index in [1.165, 1.54) is 29.5 Å². The monoisotopic (exact) mass is 633 g/mol. The predicted octanol–water partition coefficient (Wildman–Crippen LogP) is 5.14. The number of aromatic nitrogens is 3. The molecule has 0 unspecified atom stereocenters. The number of hydrogen-bond acceptors (Lipinski definition) is 7. The van der Waals surface area contributed by atoms with Gasteiger partial charge in [-0.25, -0.2) is 14.1 Å². The van der Waals surface area contributed by atoms with E-state index in [4.69, 9.17) is 16.6 Å². The molecule has 0 bridgehead atoms. The minimum atomic E-state index is -3.93. The van der Waals surface area contributed by atoms with Crippen molar-refractivity contribution in [2.75, 3.05) is 6.54 Å². The fraction of sp³-hybridized carbons (Fsp3) is 0.222. The quantitative estimate of drug-likeness (QED) is 0.266. The van der Waals surface area contributed by atoms with E-state index in [0.29, 0.717) is 32.4 Å². The van der Waals surface area contributed by atoms with Gasteiger partial charge in [0.1, 0.15) is 11.9 Å². The first-order chi connectivity index (χ1) is 20.2. The fourth-order valence-electron chi connectivity index (χ4n) is 5.07. The zero-order valence-electron chi connectivity index (χ0n) is 21.7. The van der Waals surface area contributed by atoms with Crippen molar-refractivity contribution in [3.8, 4) is 0 Å². The van der Waals surface area contributed by atoms with Crippen LogP contribution in [0.1, 0.15) is 40.8 Å². The molecule has 42 heavy (non-hydrogen) atoms. The molecular weight excluding hydrogens is 611 g/mol. The van der Waals surface area contributed by atoms with Crippen LogP contribution in [0.3, 0.4) is 0 Å². The molecule has 1 saturated heterocycles. The number of benzene rings is 2. The van der Waals surface area contributed by atoms with E-state index in [9.17, 15) is 21.6 Å². The molecule has 2 atom stereocenters. The summed E-state index contributed by atoms with van der Waals surface area (Å²) in [7, 11) is -3.93. The van der Waals surface area contributed by atoms with Gasteiger partial charge in [0.05, 0.1) is 5.69 Å². The molecule has 0 amide bonds. The summed E-state index contributed by atoms with van der Waals surface area (Å²) in [5, 5.41) is 6.55. The number of hydrogen-bond donors (Lipinski definition) is 2. The molecular formula is C27H23ClF3N7O2S2. The van der Waals surface area contributed by atoms with Crippen molar-refractivity contribution in [1.82, 2.24) is 29.1 Å². The molecule has 2 aromatic carbocycles. The van der Waals surface area contributed by atoms with Gasteiger partial charge in [-0.2, -0.15) is 31.7 Å². The summed E-state index contributed by atoms with van der Waals surface area (Å²) in [5.41, 5.74) is 2.53. The van der Waals surface area contributed by atoms with Gasteiger partial charge in [-0.3, -0.25) is 4.99 Å². The number of nitrogens with zero attached hydrogens (tertiary/aromatic N) is 5. The molecule has 2 aromatic heterocycles. The van der Waals surface area contributed by atoms with Gasteiger partial charge in [-0.05, 0) is 23.8 Å². The Balaban J connectivity index is 1.41. The van der Waals surface area contributed by atoms with Crippen LogP contribution in [0.5, 0.6) is 0 Å². The van der Waals surface area contributed by atoms with Crippen LogP contribution in [0.15, 0.2) is 83.1 Å². The van der Waals surface area contributed by atoms with E-state index in [1.807, 2.05) is 35.2 Å². The highest BCUT2D eigenvalue weighted by atomic mass is 35.5. The van der Waals surface area contributed by atoms with Gasteiger partial charge >= 0.3 is 6.55 Å². The maximum atomic E-state index is 14.0. The Morgan fingerprint density at radius 1 is 1.14 bits per heavy atom. The molecule has 15 heteroatoms. The third-order valence-corrected chi connectivity index (χ3v) is 9.12. The summed E-state index contributed by atoms with van der Waals surface area (Å²) in [6.45, 7) is -2.57. The van der Waals surface area contributed by atoms with Crippen molar-refractivity contribution in [3.05, 3.63) is 111 Å². The highest BCUT2D eigenvalue weighted by molar-refractivity contribution is 7.87. The Morgan fingerprint density at radius 2 is 1.95 bits per heavy atom. The smallest absolute Gasteiger partial charge is 0.326 e. The van der Waals surface area contributed by atoms with Crippen molar-refractivity contribution in [2.24, 2.45) is 4.99 Å². The molecule has 2 N–H and O–H groups in total. The number of fused-ring (bicyclic) bond motifs is 1. The summed E-state index contributed by atoms with van der Waals surface area (Å²) in [6, 6.07) is 13.0. The standard InChI is InChI=1S/C27H23ClF3N7O2S2/c28-20-12-17(29)6-7-19(20)24-23(21-8-10-38(35-21)27(30)31)22-13-18(15-37(22)25(34-24)26-32-9-11-41-26)36-42(39,40)33-14-16-4-2-1-3-5-16/h1-12,18,24,27,33,36H,13-15H2/t18-,24-/m0/s1. The van der Waals surface area contributed by atoms with E-state index in [1.54, 1.807) is 11.6 Å². The highest BCUT2D eigenvalue weighted by Gasteiger charge is 2.42. The van der Waals surface area contributed by atoms with Crippen molar-refractivity contribution in [3.63, 3.8) is 0 Å². The van der Waals surface area contributed by atoms with Crippen LogP contribution in [-0.2, 0) is 16.8 Å². The molecule has 2 aliphatic heterocycles. The third-order valence-electron chi connectivity index (χ3n) is 6.86. The SMILES string of the molecule is O=S(=O)(NCc1ccccc1)N[C@H]1CC2=C(c3ccn(C(F)F)n3)[C@H](c3ccc(F)cc3Cl)N=C(c3nccs3)N2C1. The summed E-state index contributed by atoms with van der Waals surface area (Å²) in [5.74, 6) is -0.0822. The molecule has 0 saturated carbocycles. The minimum absolute atomic E-state index is 0.0995. The van der Waals surface area contributed by atoms with Gasteiger partial charge in [0.15, 0.2) is 10.8 Å². The first kappa shape index (κ1) is 28.6. The van der Waals surface area contributed by atoms with Crippen LogP contribution < -0.4 is 9.44 Å². The average Bonchev–Trinajstić information content (AvgIpc) is 3.73. The molecule has 6 rings (SSSR count). The second-order valence-corrected chi connectivity index (χ2v) is 12.5. The fourth-order valence-corrected chi connectivity index (χ4v) is 7.02. The third kappa shape index (κ3) is 5.85. The lowest BCUT2D eigenvalue weighted by Crippen LogP contribution is -2.44. The Morgan fingerprint density at radius 3 is 2.64 bits per heavy atom. The Bertz CT molecular complexity index is 1760. The first-order valence-corrected chi connectivity index (χ1v) is 15.5. The molecule has 218 valence electrons. The number of halogens is 4. The second-order valence-electron chi connectivity index (χ2n) is 9.62. The number of nitrogens with one attached hydrogen (secondary N) is 2. The lowest BCUT2D eigenvalue weighted by molar-refractivity contribution is 0.0564. The number of thiazole rings is 1. The average molecular weight is 634 g/mol. The first-order valence-electron chi connectivity index (χ1n) is 12.8.